The minimum absolute atomic E-state index is 0.0300. The Morgan fingerprint density at radius 2 is 1.80 bits per heavy atom. The van der Waals surface area contributed by atoms with Crippen LogP contribution in [0.2, 0.25) is 0 Å². The summed E-state index contributed by atoms with van der Waals surface area (Å²) in [6.07, 6.45) is 6.09. The Bertz CT molecular complexity index is 380. The van der Waals surface area contributed by atoms with E-state index in [-0.39, 0.29) is 35.4 Å². The van der Waals surface area contributed by atoms with Gasteiger partial charge in [-0.15, -0.1) is 0 Å². The van der Waals surface area contributed by atoms with E-state index in [1.165, 1.54) is 12.8 Å². The lowest BCUT2D eigenvalue weighted by Crippen LogP contribution is -2.68. The van der Waals surface area contributed by atoms with Crippen LogP contribution in [0.3, 0.4) is 0 Å². The summed E-state index contributed by atoms with van der Waals surface area (Å²) in [4.78, 5) is 27.3. The van der Waals surface area contributed by atoms with Crippen LogP contribution in [0.1, 0.15) is 66.2 Å². The van der Waals surface area contributed by atoms with Gasteiger partial charge in [0.15, 0.2) is 0 Å². The molecule has 0 bridgehead atoms. The first-order chi connectivity index (χ1) is 9.36. The maximum atomic E-state index is 12.8. The number of piperazine rings is 1. The molecule has 1 saturated carbocycles. The van der Waals surface area contributed by atoms with Crippen molar-refractivity contribution in [3.8, 4) is 0 Å². The molecule has 2 aliphatic rings. The number of carbonyl (C=O) groups is 2. The molecular weight excluding hydrogens is 252 g/mol. The molecule has 1 aliphatic carbocycles. The van der Waals surface area contributed by atoms with Gasteiger partial charge in [-0.05, 0) is 24.7 Å². The maximum absolute atomic E-state index is 12.8. The van der Waals surface area contributed by atoms with E-state index in [0.717, 1.165) is 25.7 Å². The van der Waals surface area contributed by atoms with Gasteiger partial charge >= 0.3 is 0 Å². The molecule has 1 heterocycles. The van der Waals surface area contributed by atoms with Gasteiger partial charge < -0.3 is 10.2 Å². The van der Waals surface area contributed by atoms with Gasteiger partial charge in [-0.1, -0.05) is 47.0 Å². The Labute approximate surface area is 122 Å². The van der Waals surface area contributed by atoms with Crippen LogP contribution >= 0.6 is 0 Å². The molecule has 0 spiro atoms. The Balaban J connectivity index is 2.30. The van der Waals surface area contributed by atoms with Crippen LogP contribution in [0.25, 0.3) is 0 Å². The lowest BCUT2D eigenvalue weighted by atomic mass is 9.81. The van der Waals surface area contributed by atoms with E-state index in [4.69, 9.17) is 0 Å². The fourth-order valence-electron chi connectivity index (χ4n) is 3.61. The van der Waals surface area contributed by atoms with E-state index >= 15 is 0 Å². The van der Waals surface area contributed by atoms with Crippen molar-refractivity contribution < 1.29 is 9.59 Å². The fraction of sp³-hybridized carbons (Fsp3) is 0.875. The average Bonchev–Trinajstić information content (AvgIpc) is 2.85. The summed E-state index contributed by atoms with van der Waals surface area (Å²) < 4.78 is 0. The third kappa shape index (κ3) is 2.84. The molecule has 114 valence electrons. The fourth-order valence-corrected chi connectivity index (χ4v) is 3.61. The Kier molecular flexibility index (Phi) is 4.40. The van der Waals surface area contributed by atoms with E-state index in [0.29, 0.717) is 0 Å². The van der Waals surface area contributed by atoms with E-state index in [1.807, 2.05) is 25.7 Å². The van der Waals surface area contributed by atoms with E-state index in [2.05, 4.69) is 12.2 Å². The Hall–Kier alpha value is -1.06. The monoisotopic (exact) mass is 280 g/mol. The predicted octanol–water partition coefficient (Wildman–Crippen LogP) is 2.47. The topological polar surface area (TPSA) is 49.4 Å². The summed E-state index contributed by atoms with van der Waals surface area (Å²) in [5.41, 5.74) is -0.223. The Morgan fingerprint density at radius 3 is 2.30 bits per heavy atom. The highest BCUT2D eigenvalue weighted by Crippen LogP contribution is 2.34. The molecule has 1 saturated heterocycles. The highest BCUT2D eigenvalue weighted by Gasteiger charge is 2.48. The minimum atomic E-state index is -0.328. The highest BCUT2D eigenvalue weighted by atomic mass is 16.2. The van der Waals surface area contributed by atoms with Crippen molar-refractivity contribution >= 4 is 11.8 Å². The summed E-state index contributed by atoms with van der Waals surface area (Å²) in [6, 6.07) is -0.380. The second-order valence-electron chi connectivity index (χ2n) is 7.30. The van der Waals surface area contributed by atoms with Gasteiger partial charge in [0.1, 0.15) is 12.1 Å². The van der Waals surface area contributed by atoms with Gasteiger partial charge in [0.25, 0.3) is 0 Å². The minimum Gasteiger partial charge on any atom is -0.342 e. The normalized spacial score (nSPS) is 28.9. The molecule has 1 aliphatic heterocycles. The van der Waals surface area contributed by atoms with Crippen LogP contribution in [0.5, 0.6) is 0 Å². The number of hydrogen-bond acceptors (Lipinski definition) is 2. The lowest BCUT2D eigenvalue weighted by molar-refractivity contribution is -0.157. The average molecular weight is 280 g/mol. The largest absolute Gasteiger partial charge is 0.342 e. The van der Waals surface area contributed by atoms with Crippen LogP contribution in [-0.4, -0.2) is 34.8 Å². The molecule has 2 amide bonds. The lowest BCUT2D eigenvalue weighted by Gasteiger charge is -2.47. The highest BCUT2D eigenvalue weighted by molar-refractivity contribution is 5.97. The van der Waals surface area contributed by atoms with E-state index in [9.17, 15) is 9.59 Å². The van der Waals surface area contributed by atoms with Crippen molar-refractivity contribution in [3.63, 3.8) is 0 Å². The van der Waals surface area contributed by atoms with Crippen molar-refractivity contribution in [3.05, 3.63) is 0 Å². The van der Waals surface area contributed by atoms with Gasteiger partial charge in [0.05, 0.1) is 0 Å². The molecule has 2 unspecified atom stereocenters. The summed E-state index contributed by atoms with van der Waals surface area (Å²) in [5, 5.41) is 2.95. The smallest absolute Gasteiger partial charge is 0.246 e. The van der Waals surface area contributed by atoms with Gasteiger partial charge in [-0.25, -0.2) is 0 Å². The summed E-state index contributed by atoms with van der Waals surface area (Å²) in [5.74, 6) is 0.167. The second-order valence-corrected chi connectivity index (χ2v) is 7.30. The molecule has 0 aromatic rings. The van der Waals surface area contributed by atoms with Crippen molar-refractivity contribution in [2.24, 2.45) is 5.41 Å². The van der Waals surface area contributed by atoms with Crippen molar-refractivity contribution in [2.75, 3.05) is 0 Å². The molecular formula is C16H28N2O2. The van der Waals surface area contributed by atoms with Crippen LogP contribution in [-0.2, 0) is 9.59 Å². The summed E-state index contributed by atoms with van der Waals surface area (Å²) >= 11 is 0. The standard InChI is InChI=1S/C16H28N2O2/c1-5-8-12-15(20)18(11-9-6-7-10-11)13(14(19)17-12)16(2,3)4/h11-13H,5-10H2,1-4H3,(H,17,19). The molecule has 0 radical (unpaired) electrons. The number of hydrogen-bond donors (Lipinski definition) is 1. The number of amides is 2. The molecule has 2 fully saturated rings. The molecule has 0 aromatic heterocycles. The van der Waals surface area contributed by atoms with Crippen LogP contribution < -0.4 is 5.32 Å². The first kappa shape index (κ1) is 15.3. The van der Waals surface area contributed by atoms with Gasteiger partial charge in [-0.3, -0.25) is 9.59 Å². The zero-order valence-corrected chi connectivity index (χ0v) is 13.2. The maximum Gasteiger partial charge on any atom is 0.246 e. The van der Waals surface area contributed by atoms with Crippen molar-refractivity contribution in [2.45, 2.75) is 84.3 Å². The predicted molar refractivity (Wildman–Crippen MR) is 79.2 cm³/mol. The quantitative estimate of drug-likeness (QED) is 0.863. The number of nitrogens with one attached hydrogen (secondary N) is 1. The third-order valence-corrected chi connectivity index (χ3v) is 4.51. The van der Waals surface area contributed by atoms with E-state index in [1.54, 1.807) is 0 Å². The molecule has 0 aromatic carbocycles. The number of carbonyl (C=O) groups excluding carboxylic acids is 2. The molecule has 1 N–H and O–H groups in total. The summed E-state index contributed by atoms with van der Waals surface area (Å²) in [6.45, 7) is 8.20. The van der Waals surface area contributed by atoms with E-state index < -0.39 is 0 Å². The second kappa shape index (κ2) is 5.74. The first-order valence-electron chi connectivity index (χ1n) is 7.98. The number of nitrogens with zero attached hydrogens (tertiary/aromatic N) is 1. The van der Waals surface area contributed by atoms with Crippen LogP contribution in [0.15, 0.2) is 0 Å². The van der Waals surface area contributed by atoms with Crippen LogP contribution in [0, 0.1) is 5.41 Å². The zero-order chi connectivity index (χ0) is 14.9. The Morgan fingerprint density at radius 1 is 1.20 bits per heavy atom. The molecule has 2 atom stereocenters. The first-order valence-corrected chi connectivity index (χ1v) is 7.98. The third-order valence-electron chi connectivity index (χ3n) is 4.51. The zero-order valence-electron chi connectivity index (χ0n) is 13.2. The number of rotatable bonds is 3. The van der Waals surface area contributed by atoms with Crippen molar-refractivity contribution in [1.82, 2.24) is 10.2 Å². The molecule has 20 heavy (non-hydrogen) atoms. The molecule has 2 rings (SSSR count). The van der Waals surface area contributed by atoms with Crippen LogP contribution in [0.4, 0.5) is 0 Å². The summed E-state index contributed by atoms with van der Waals surface area (Å²) in [7, 11) is 0. The van der Waals surface area contributed by atoms with Gasteiger partial charge in [0.2, 0.25) is 11.8 Å². The SMILES string of the molecule is CCCC1NC(=O)C(C(C)(C)C)N(C2CCCC2)C1=O. The van der Waals surface area contributed by atoms with Gasteiger partial charge in [0, 0.05) is 6.04 Å². The van der Waals surface area contributed by atoms with Crippen molar-refractivity contribution in [1.29, 1.82) is 0 Å². The molecule has 4 nitrogen and oxygen atoms in total. The van der Waals surface area contributed by atoms with Gasteiger partial charge in [-0.2, -0.15) is 0 Å². The molecule has 4 heteroatoms.